The summed E-state index contributed by atoms with van der Waals surface area (Å²) < 4.78 is -0.646. The van der Waals surface area contributed by atoms with Crippen LogP contribution in [0, 0.1) is 17.2 Å². The summed E-state index contributed by atoms with van der Waals surface area (Å²) in [5.74, 6) is -1.21. The number of hydrogen-bond donors (Lipinski definition) is 4. The predicted molar refractivity (Wildman–Crippen MR) is 129 cm³/mol. The molecule has 0 bridgehead atoms. The highest BCUT2D eigenvalue weighted by Gasteiger charge is 2.60. The molecule has 168 valence electrons. The minimum Gasteiger partial charge on any atom is -0.376 e. The third-order valence-electron chi connectivity index (χ3n) is 5.84. The molecule has 0 aromatic heterocycles. The molecule has 1 saturated carbocycles. The second kappa shape index (κ2) is 9.50. The Labute approximate surface area is 204 Å². The number of nitrogens with zero attached hydrogens (tertiary/aromatic N) is 1. The van der Waals surface area contributed by atoms with Crippen molar-refractivity contribution in [2.75, 3.05) is 25.0 Å². The largest absolute Gasteiger partial charge is 0.376 e. The van der Waals surface area contributed by atoms with Crippen molar-refractivity contribution in [3.63, 3.8) is 0 Å². The number of halogens is 3. The van der Waals surface area contributed by atoms with Gasteiger partial charge in [-0.2, -0.15) is 0 Å². The molecule has 0 spiro atoms. The van der Waals surface area contributed by atoms with Crippen LogP contribution in [0.15, 0.2) is 24.3 Å². The van der Waals surface area contributed by atoms with Gasteiger partial charge >= 0.3 is 0 Å². The molecule has 2 fully saturated rings. The molecule has 31 heavy (non-hydrogen) atoms. The van der Waals surface area contributed by atoms with Crippen LogP contribution in [0.2, 0.25) is 0 Å². The third kappa shape index (κ3) is 5.25. The van der Waals surface area contributed by atoms with Crippen LogP contribution in [-0.2, 0) is 14.4 Å². The van der Waals surface area contributed by atoms with E-state index in [-0.39, 0.29) is 39.8 Å². The number of benzene rings is 1. The van der Waals surface area contributed by atoms with Crippen LogP contribution in [0.3, 0.4) is 0 Å². The Morgan fingerprint density at radius 2 is 1.97 bits per heavy atom. The lowest BCUT2D eigenvalue weighted by Crippen LogP contribution is -2.48. The number of nitrogens with one attached hydrogen (secondary N) is 3. The van der Waals surface area contributed by atoms with E-state index in [1.807, 2.05) is 6.92 Å². The number of primary amides is 1. The summed E-state index contributed by atoms with van der Waals surface area (Å²) in [6, 6.07) is 6.09. The monoisotopic (exact) mass is 579 g/mol. The first kappa shape index (κ1) is 24.1. The lowest BCUT2D eigenvalue weighted by atomic mass is 10.1. The Morgan fingerprint density at radius 1 is 1.32 bits per heavy atom. The lowest BCUT2D eigenvalue weighted by molar-refractivity contribution is -0.137. The molecular formula is C20H24Cl2IN5O3. The molecule has 3 amide bonds. The molecule has 1 aromatic rings. The number of amides is 3. The van der Waals surface area contributed by atoms with Gasteiger partial charge in [-0.3, -0.25) is 19.8 Å². The maximum atomic E-state index is 12.9. The van der Waals surface area contributed by atoms with Crippen LogP contribution in [-0.4, -0.2) is 62.3 Å². The molecule has 1 heterocycles. The highest BCUT2D eigenvalue weighted by molar-refractivity contribution is 14.1. The molecule has 1 aliphatic carbocycles. The van der Waals surface area contributed by atoms with Crippen LogP contribution in [0.1, 0.15) is 18.9 Å². The zero-order valence-electron chi connectivity index (χ0n) is 16.8. The molecule has 1 saturated heterocycles. The van der Waals surface area contributed by atoms with E-state index in [9.17, 15) is 14.4 Å². The first-order chi connectivity index (χ1) is 14.5. The standard InChI is InChI=1S/C20H24Cl2IN5O3/c1-10-13(20(10,21)22)7-27-19(31)15-6-11(23)9-28(15)16(29)8-26-14-5-3-2-4-12(14)17(24)18(25)30/h2-5,10-11,13,15,24,26H,6-9H2,1H3,(H2,25,30)(H,27,31)/t10?,11?,13?,15-/m0/s1. The van der Waals surface area contributed by atoms with Crippen molar-refractivity contribution in [3.05, 3.63) is 29.8 Å². The van der Waals surface area contributed by atoms with Gasteiger partial charge in [0.25, 0.3) is 5.91 Å². The van der Waals surface area contributed by atoms with Crippen LogP contribution in [0.4, 0.5) is 5.69 Å². The minimum absolute atomic E-state index is 0.000483. The molecule has 3 unspecified atom stereocenters. The van der Waals surface area contributed by atoms with E-state index in [0.717, 1.165) is 0 Å². The van der Waals surface area contributed by atoms with E-state index in [0.29, 0.717) is 30.8 Å². The number of carbonyl (C=O) groups is 3. The van der Waals surface area contributed by atoms with Crippen molar-refractivity contribution < 1.29 is 14.4 Å². The van der Waals surface area contributed by atoms with Gasteiger partial charge in [-0.25, -0.2) is 0 Å². The first-order valence-corrected chi connectivity index (χ1v) is 11.8. The number of rotatable bonds is 8. The van der Waals surface area contributed by atoms with Crippen molar-refractivity contribution in [1.82, 2.24) is 10.2 Å². The number of carbonyl (C=O) groups excluding carboxylic acids is 3. The fourth-order valence-corrected chi connectivity index (χ4v) is 5.39. The summed E-state index contributed by atoms with van der Waals surface area (Å²) >= 11 is 14.5. The molecule has 5 N–H and O–H groups in total. The van der Waals surface area contributed by atoms with Gasteiger partial charge in [0.15, 0.2) is 0 Å². The van der Waals surface area contributed by atoms with Crippen LogP contribution in [0.25, 0.3) is 0 Å². The van der Waals surface area contributed by atoms with Gasteiger partial charge in [0, 0.05) is 34.2 Å². The van der Waals surface area contributed by atoms with Crippen LogP contribution in [0.5, 0.6) is 0 Å². The van der Waals surface area contributed by atoms with E-state index < -0.39 is 16.3 Å². The molecule has 1 aromatic carbocycles. The van der Waals surface area contributed by atoms with Crippen molar-refractivity contribution in [1.29, 1.82) is 5.41 Å². The van der Waals surface area contributed by atoms with Crippen molar-refractivity contribution in [3.8, 4) is 0 Å². The number of anilines is 1. The van der Waals surface area contributed by atoms with Crippen molar-refractivity contribution >= 4 is 74.9 Å². The summed E-state index contributed by atoms with van der Waals surface area (Å²) in [5.41, 5.74) is 5.64. The lowest BCUT2D eigenvalue weighted by Gasteiger charge is -2.24. The zero-order chi connectivity index (χ0) is 22.9. The maximum absolute atomic E-state index is 12.9. The molecule has 11 heteroatoms. The van der Waals surface area contributed by atoms with Gasteiger partial charge in [0.05, 0.1) is 6.54 Å². The van der Waals surface area contributed by atoms with Gasteiger partial charge in [0.2, 0.25) is 11.8 Å². The summed E-state index contributed by atoms with van der Waals surface area (Å²) in [6.45, 7) is 2.69. The summed E-state index contributed by atoms with van der Waals surface area (Å²) in [7, 11) is 0. The smallest absolute Gasteiger partial charge is 0.267 e. The van der Waals surface area contributed by atoms with Crippen molar-refractivity contribution in [2.45, 2.75) is 27.6 Å². The fourth-order valence-electron chi connectivity index (χ4n) is 3.77. The van der Waals surface area contributed by atoms with Crippen LogP contribution < -0.4 is 16.4 Å². The summed E-state index contributed by atoms with van der Waals surface area (Å²) in [4.78, 5) is 38.6. The number of likely N-dealkylation sites (tertiary alicyclic amines) is 1. The molecule has 8 nitrogen and oxygen atoms in total. The Morgan fingerprint density at radius 3 is 2.58 bits per heavy atom. The summed E-state index contributed by atoms with van der Waals surface area (Å²) in [6.07, 6.45) is 0.564. The number of nitrogens with two attached hydrogens (primary N) is 1. The normalized spacial score (nSPS) is 26.3. The van der Waals surface area contributed by atoms with Gasteiger partial charge in [-0.1, -0.05) is 47.7 Å². The van der Waals surface area contributed by atoms with E-state index in [1.165, 1.54) is 0 Å². The molecule has 1 aliphatic heterocycles. The highest BCUT2D eigenvalue weighted by Crippen LogP contribution is 2.58. The van der Waals surface area contributed by atoms with Gasteiger partial charge in [-0.15, -0.1) is 23.2 Å². The average molecular weight is 580 g/mol. The third-order valence-corrected chi connectivity index (χ3v) is 7.99. The molecule has 3 rings (SSSR count). The SMILES string of the molecule is CC1C(CNC(=O)[C@@H]2CC(I)CN2C(=O)CNc2ccccc2C(=N)C(N)=O)C1(Cl)Cl. The number of hydrogen-bond acceptors (Lipinski definition) is 5. The van der Waals surface area contributed by atoms with E-state index in [1.54, 1.807) is 29.2 Å². The average Bonchev–Trinajstić information content (AvgIpc) is 3.02. The second-order valence-electron chi connectivity index (χ2n) is 7.85. The quantitative estimate of drug-likeness (QED) is 0.213. The van der Waals surface area contributed by atoms with Gasteiger partial charge < -0.3 is 21.3 Å². The maximum Gasteiger partial charge on any atom is 0.267 e. The fraction of sp³-hybridized carbons (Fsp3) is 0.500. The van der Waals surface area contributed by atoms with Gasteiger partial charge in [-0.05, 0) is 18.4 Å². The number of alkyl halides is 3. The zero-order valence-corrected chi connectivity index (χ0v) is 20.5. The van der Waals surface area contributed by atoms with E-state index >= 15 is 0 Å². The number of para-hydroxylation sites is 1. The summed E-state index contributed by atoms with van der Waals surface area (Å²) in [5, 5.41) is 13.7. The molecule has 0 radical (unpaired) electrons. The Bertz CT molecular complexity index is 913. The second-order valence-corrected chi connectivity index (χ2v) is 11.1. The topological polar surface area (TPSA) is 128 Å². The predicted octanol–water partition coefficient (Wildman–Crippen LogP) is 1.91. The Balaban J connectivity index is 1.61. The Kier molecular flexibility index (Phi) is 7.37. The van der Waals surface area contributed by atoms with Crippen LogP contribution >= 0.6 is 45.8 Å². The van der Waals surface area contributed by atoms with Crippen molar-refractivity contribution in [2.24, 2.45) is 17.6 Å². The van der Waals surface area contributed by atoms with E-state index in [2.05, 4.69) is 33.2 Å². The van der Waals surface area contributed by atoms with E-state index in [4.69, 9.17) is 34.3 Å². The molecule has 4 atom stereocenters. The van der Waals surface area contributed by atoms with Gasteiger partial charge in [0.1, 0.15) is 16.1 Å². The highest BCUT2D eigenvalue weighted by atomic mass is 127. The minimum atomic E-state index is -0.854. The molecule has 2 aliphatic rings. The first-order valence-electron chi connectivity index (χ1n) is 9.84. The molecular weight excluding hydrogens is 556 g/mol. The Hall–Kier alpha value is -1.59.